The number of rotatable bonds is 3. The average molecular weight is 156 g/mol. The maximum absolute atomic E-state index is 5.64. The Hall–Kier alpha value is -0.570. The van der Waals surface area contributed by atoms with Gasteiger partial charge in [-0.15, -0.1) is 0 Å². The molecule has 0 aliphatic carbocycles. The summed E-state index contributed by atoms with van der Waals surface area (Å²) in [6, 6.07) is 0. The first-order chi connectivity index (χ1) is 5.22. The van der Waals surface area contributed by atoms with E-state index in [2.05, 4.69) is 11.9 Å². The Balaban J connectivity index is 2.44. The largest absolute Gasteiger partial charge is 0.387 e. The number of amidine groups is 1. The van der Waals surface area contributed by atoms with Crippen LogP contribution in [0.2, 0.25) is 0 Å². The summed E-state index contributed by atoms with van der Waals surface area (Å²) in [4.78, 5) is 3.94. The molecule has 0 aromatic rings. The van der Waals surface area contributed by atoms with Gasteiger partial charge in [-0.3, -0.25) is 4.99 Å². The normalized spacial score (nSPS) is 22.9. The van der Waals surface area contributed by atoms with Gasteiger partial charge in [0.1, 0.15) is 0 Å². The highest BCUT2D eigenvalue weighted by atomic mass is 16.5. The van der Waals surface area contributed by atoms with Crippen molar-refractivity contribution in [1.29, 1.82) is 0 Å². The summed E-state index contributed by atoms with van der Waals surface area (Å²) in [6.45, 7) is 3.87. The second-order valence-electron chi connectivity index (χ2n) is 3.24. The lowest BCUT2D eigenvalue weighted by atomic mass is 9.79. The molecule has 1 fully saturated rings. The van der Waals surface area contributed by atoms with E-state index >= 15 is 0 Å². The molecule has 0 spiro atoms. The van der Waals surface area contributed by atoms with Gasteiger partial charge in [-0.05, 0) is 6.42 Å². The highest BCUT2D eigenvalue weighted by Crippen LogP contribution is 2.34. The van der Waals surface area contributed by atoms with Crippen molar-refractivity contribution in [2.75, 3.05) is 20.3 Å². The molecule has 3 nitrogen and oxygen atoms in total. The van der Waals surface area contributed by atoms with Gasteiger partial charge in [0.2, 0.25) is 0 Å². The molecule has 11 heavy (non-hydrogen) atoms. The van der Waals surface area contributed by atoms with Crippen LogP contribution in [0, 0.1) is 5.41 Å². The van der Waals surface area contributed by atoms with Gasteiger partial charge >= 0.3 is 0 Å². The minimum Gasteiger partial charge on any atom is -0.387 e. The first kappa shape index (κ1) is 8.53. The minimum atomic E-state index is 0.309. The summed E-state index contributed by atoms with van der Waals surface area (Å²) >= 11 is 0. The zero-order chi connectivity index (χ0) is 8.32. The zero-order valence-corrected chi connectivity index (χ0v) is 7.26. The van der Waals surface area contributed by atoms with Gasteiger partial charge in [0.15, 0.2) is 0 Å². The van der Waals surface area contributed by atoms with Gasteiger partial charge in [-0.1, -0.05) is 6.92 Å². The van der Waals surface area contributed by atoms with Crippen molar-refractivity contribution in [3.63, 3.8) is 0 Å². The Morgan fingerprint density at radius 3 is 2.55 bits per heavy atom. The molecule has 0 bridgehead atoms. The Morgan fingerprint density at radius 2 is 2.27 bits per heavy atom. The van der Waals surface area contributed by atoms with Crippen molar-refractivity contribution in [1.82, 2.24) is 0 Å². The van der Waals surface area contributed by atoms with E-state index < -0.39 is 0 Å². The van der Waals surface area contributed by atoms with Crippen molar-refractivity contribution in [3.8, 4) is 0 Å². The average Bonchev–Trinajstić information content (AvgIpc) is 1.96. The van der Waals surface area contributed by atoms with Crippen LogP contribution in [0.5, 0.6) is 0 Å². The second kappa shape index (κ2) is 3.22. The molecule has 1 saturated heterocycles. The van der Waals surface area contributed by atoms with E-state index in [1.54, 1.807) is 7.05 Å². The Kier molecular flexibility index (Phi) is 2.49. The predicted octanol–water partition coefficient (Wildman–Crippen LogP) is 0.790. The van der Waals surface area contributed by atoms with Gasteiger partial charge in [-0.25, -0.2) is 0 Å². The fraction of sp³-hybridized carbons (Fsp3) is 0.875. The van der Waals surface area contributed by atoms with Crippen molar-refractivity contribution in [3.05, 3.63) is 0 Å². The second-order valence-corrected chi connectivity index (χ2v) is 3.24. The van der Waals surface area contributed by atoms with Gasteiger partial charge in [0, 0.05) is 18.9 Å². The summed E-state index contributed by atoms with van der Waals surface area (Å²) in [5, 5.41) is 0. The first-order valence-corrected chi connectivity index (χ1v) is 4.01. The topological polar surface area (TPSA) is 47.6 Å². The fourth-order valence-corrected chi connectivity index (χ4v) is 1.29. The van der Waals surface area contributed by atoms with Crippen LogP contribution >= 0.6 is 0 Å². The molecule has 0 saturated carbocycles. The molecule has 64 valence electrons. The third-order valence-corrected chi connectivity index (χ3v) is 2.41. The lowest BCUT2D eigenvalue weighted by molar-refractivity contribution is -0.110. The summed E-state index contributed by atoms with van der Waals surface area (Å²) in [5.74, 6) is 0.746. The molecule has 3 heteroatoms. The molecule has 1 heterocycles. The Labute approximate surface area is 67.6 Å². The molecule has 0 radical (unpaired) electrons. The van der Waals surface area contributed by atoms with E-state index in [1.807, 2.05) is 0 Å². The van der Waals surface area contributed by atoms with E-state index in [4.69, 9.17) is 10.5 Å². The standard InChI is InChI=1S/C8H16N2O/c1-3-8(5-11-6-8)4-7(9)10-2/h3-6H2,1-2H3,(H2,9,10). The molecular formula is C8H16N2O. The van der Waals surface area contributed by atoms with Crippen LogP contribution in [0.15, 0.2) is 4.99 Å². The minimum absolute atomic E-state index is 0.309. The third kappa shape index (κ3) is 1.71. The lowest BCUT2D eigenvalue weighted by Gasteiger charge is -2.40. The van der Waals surface area contributed by atoms with Gasteiger partial charge in [0.25, 0.3) is 0 Å². The number of nitrogens with zero attached hydrogens (tertiary/aromatic N) is 1. The highest BCUT2D eigenvalue weighted by Gasteiger charge is 2.37. The third-order valence-electron chi connectivity index (χ3n) is 2.41. The van der Waals surface area contributed by atoms with Gasteiger partial charge in [0.05, 0.1) is 19.0 Å². The lowest BCUT2D eigenvalue weighted by Crippen LogP contribution is -2.44. The summed E-state index contributed by atoms with van der Waals surface area (Å²) in [5.41, 5.74) is 5.95. The molecule has 0 unspecified atom stereocenters. The monoisotopic (exact) mass is 156 g/mol. The number of hydrogen-bond donors (Lipinski definition) is 1. The van der Waals surface area contributed by atoms with Gasteiger partial charge < -0.3 is 10.5 Å². The molecule has 0 aromatic heterocycles. The molecule has 0 amide bonds. The van der Waals surface area contributed by atoms with Crippen LogP contribution in [-0.2, 0) is 4.74 Å². The van der Waals surface area contributed by atoms with Crippen LogP contribution < -0.4 is 5.73 Å². The SMILES string of the molecule is CCC1(CC(N)=NC)COC1. The van der Waals surface area contributed by atoms with Crippen molar-refractivity contribution < 1.29 is 4.74 Å². The van der Waals surface area contributed by atoms with E-state index in [9.17, 15) is 0 Å². The Bertz CT molecular complexity index is 156. The molecule has 1 aliphatic rings. The summed E-state index contributed by atoms with van der Waals surface area (Å²) in [7, 11) is 1.73. The summed E-state index contributed by atoms with van der Waals surface area (Å²) in [6.07, 6.45) is 2.02. The molecule has 1 aliphatic heterocycles. The molecule has 1 rings (SSSR count). The van der Waals surface area contributed by atoms with Crippen molar-refractivity contribution in [2.45, 2.75) is 19.8 Å². The number of aliphatic imine (C=N–C) groups is 1. The fourth-order valence-electron chi connectivity index (χ4n) is 1.29. The molecule has 0 atom stereocenters. The highest BCUT2D eigenvalue weighted by molar-refractivity contribution is 5.80. The Morgan fingerprint density at radius 1 is 1.64 bits per heavy atom. The smallest absolute Gasteiger partial charge is 0.0940 e. The molecule has 2 N–H and O–H groups in total. The summed E-state index contributed by atoms with van der Waals surface area (Å²) < 4.78 is 5.16. The van der Waals surface area contributed by atoms with Crippen molar-refractivity contribution >= 4 is 5.84 Å². The van der Waals surface area contributed by atoms with E-state index in [-0.39, 0.29) is 0 Å². The van der Waals surface area contributed by atoms with Crippen LogP contribution in [-0.4, -0.2) is 26.1 Å². The molecule has 0 aromatic carbocycles. The number of nitrogens with two attached hydrogens (primary N) is 1. The number of hydrogen-bond acceptors (Lipinski definition) is 2. The van der Waals surface area contributed by atoms with E-state index in [0.29, 0.717) is 5.41 Å². The zero-order valence-electron chi connectivity index (χ0n) is 7.26. The van der Waals surface area contributed by atoms with E-state index in [1.165, 1.54) is 0 Å². The quantitative estimate of drug-likeness (QED) is 0.485. The maximum Gasteiger partial charge on any atom is 0.0940 e. The van der Waals surface area contributed by atoms with Crippen LogP contribution in [0.1, 0.15) is 19.8 Å². The predicted molar refractivity (Wildman–Crippen MR) is 45.7 cm³/mol. The van der Waals surface area contributed by atoms with Gasteiger partial charge in [-0.2, -0.15) is 0 Å². The van der Waals surface area contributed by atoms with E-state index in [0.717, 1.165) is 31.9 Å². The van der Waals surface area contributed by atoms with Crippen molar-refractivity contribution in [2.24, 2.45) is 16.1 Å². The first-order valence-electron chi connectivity index (χ1n) is 4.01. The van der Waals surface area contributed by atoms with Crippen LogP contribution in [0.4, 0.5) is 0 Å². The molecular weight excluding hydrogens is 140 g/mol. The number of ether oxygens (including phenoxy) is 1. The van der Waals surface area contributed by atoms with Crippen LogP contribution in [0.25, 0.3) is 0 Å². The maximum atomic E-state index is 5.64. The van der Waals surface area contributed by atoms with Crippen LogP contribution in [0.3, 0.4) is 0 Å².